The topological polar surface area (TPSA) is 72.3 Å². The monoisotopic (exact) mass is 327 g/mol. The average molecular weight is 327 g/mol. The van der Waals surface area contributed by atoms with Gasteiger partial charge in [0.05, 0.1) is 12.7 Å². The number of morpholine rings is 1. The molecule has 4 rings (SSSR count). The van der Waals surface area contributed by atoms with Gasteiger partial charge in [0.25, 0.3) is 0 Å². The van der Waals surface area contributed by atoms with E-state index >= 15 is 0 Å². The number of aromatic nitrogens is 3. The lowest BCUT2D eigenvalue weighted by atomic mass is 10.1. The summed E-state index contributed by atoms with van der Waals surface area (Å²) in [5, 5.41) is 10.5. The second-order valence-electron chi connectivity index (χ2n) is 6.47. The van der Waals surface area contributed by atoms with Crippen LogP contribution in [0.2, 0.25) is 0 Å². The standard InChI is InChI=1S/C17H21N5O2/c23-17(9-21-11-18-19-12-21)20-14-6-15-10-24-16(8-22(15)7-14)13-4-2-1-3-5-13/h1-5,11-12,14-16H,6-10H2,(H,20,23)/t14-,15-,16+/m0/s1. The largest absolute Gasteiger partial charge is 0.371 e. The lowest BCUT2D eigenvalue weighted by Crippen LogP contribution is -2.43. The van der Waals surface area contributed by atoms with Gasteiger partial charge in [0.1, 0.15) is 19.2 Å². The Hall–Kier alpha value is -2.25. The Morgan fingerprint density at radius 2 is 2.00 bits per heavy atom. The summed E-state index contributed by atoms with van der Waals surface area (Å²) in [6.07, 6.45) is 4.16. The number of carbonyl (C=O) groups excluding carboxylic acids is 1. The number of nitrogens with one attached hydrogen (secondary N) is 1. The van der Waals surface area contributed by atoms with Gasteiger partial charge in [-0.25, -0.2) is 0 Å². The molecule has 2 aliphatic rings. The summed E-state index contributed by atoms with van der Waals surface area (Å²) in [6.45, 7) is 2.74. The van der Waals surface area contributed by atoms with Crippen molar-refractivity contribution in [3.05, 3.63) is 48.5 Å². The van der Waals surface area contributed by atoms with Crippen LogP contribution in [0.15, 0.2) is 43.0 Å². The molecule has 2 fully saturated rings. The zero-order valence-corrected chi connectivity index (χ0v) is 13.4. The van der Waals surface area contributed by atoms with Gasteiger partial charge < -0.3 is 14.6 Å². The molecular formula is C17H21N5O2. The molecule has 7 heteroatoms. The highest BCUT2D eigenvalue weighted by molar-refractivity contribution is 5.76. The second-order valence-corrected chi connectivity index (χ2v) is 6.47. The normalized spacial score (nSPS) is 26.9. The first-order chi connectivity index (χ1) is 11.8. The molecule has 1 aromatic carbocycles. The number of benzene rings is 1. The van der Waals surface area contributed by atoms with Crippen LogP contribution >= 0.6 is 0 Å². The summed E-state index contributed by atoms with van der Waals surface area (Å²) in [5.41, 5.74) is 1.22. The van der Waals surface area contributed by atoms with Gasteiger partial charge in [-0.05, 0) is 12.0 Å². The zero-order chi connectivity index (χ0) is 16.4. The maximum absolute atomic E-state index is 12.1. The van der Waals surface area contributed by atoms with Crippen LogP contribution in [0.3, 0.4) is 0 Å². The molecule has 0 aliphatic carbocycles. The maximum Gasteiger partial charge on any atom is 0.240 e. The van der Waals surface area contributed by atoms with Crippen LogP contribution in [0.25, 0.3) is 0 Å². The maximum atomic E-state index is 12.1. The lowest BCUT2D eigenvalue weighted by Gasteiger charge is -2.35. The summed E-state index contributed by atoms with van der Waals surface area (Å²) in [6, 6.07) is 10.9. The highest BCUT2D eigenvalue weighted by Crippen LogP contribution is 2.30. The molecule has 0 radical (unpaired) electrons. The van der Waals surface area contributed by atoms with Crippen molar-refractivity contribution < 1.29 is 9.53 Å². The Bertz CT molecular complexity index is 676. The third-order valence-corrected chi connectivity index (χ3v) is 4.75. The molecule has 2 aliphatic heterocycles. The Kier molecular flexibility index (Phi) is 4.27. The van der Waals surface area contributed by atoms with E-state index in [1.165, 1.54) is 5.56 Å². The Morgan fingerprint density at radius 3 is 2.79 bits per heavy atom. The Labute approximate surface area is 140 Å². The molecular weight excluding hydrogens is 306 g/mol. The minimum absolute atomic E-state index is 0.000162. The molecule has 2 saturated heterocycles. The smallest absolute Gasteiger partial charge is 0.240 e. The second kappa shape index (κ2) is 6.70. The third-order valence-electron chi connectivity index (χ3n) is 4.75. The van der Waals surface area contributed by atoms with Crippen molar-refractivity contribution in [2.24, 2.45) is 0 Å². The number of hydrogen-bond acceptors (Lipinski definition) is 5. The molecule has 1 aromatic heterocycles. The summed E-state index contributed by atoms with van der Waals surface area (Å²) in [5.74, 6) is 0.000162. The van der Waals surface area contributed by atoms with Gasteiger partial charge in [0, 0.05) is 25.2 Å². The van der Waals surface area contributed by atoms with Gasteiger partial charge in [-0.3, -0.25) is 9.69 Å². The van der Waals surface area contributed by atoms with Crippen molar-refractivity contribution in [1.29, 1.82) is 0 Å². The SMILES string of the molecule is O=C(Cn1cnnc1)N[C@H]1C[C@H]2CO[C@@H](c3ccccc3)CN2C1. The average Bonchev–Trinajstić information content (AvgIpc) is 3.23. The van der Waals surface area contributed by atoms with Crippen LogP contribution in [-0.2, 0) is 16.1 Å². The summed E-state index contributed by atoms with van der Waals surface area (Å²) >= 11 is 0. The first-order valence-corrected chi connectivity index (χ1v) is 8.30. The van der Waals surface area contributed by atoms with Gasteiger partial charge >= 0.3 is 0 Å². The van der Waals surface area contributed by atoms with Gasteiger partial charge in [-0.1, -0.05) is 30.3 Å². The van der Waals surface area contributed by atoms with Gasteiger partial charge in [0.15, 0.2) is 0 Å². The molecule has 2 aromatic rings. The number of carbonyl (C=O) groups is 1. The zero-order valence-electron chi connectivity index (χ0n) is 13.4. The van der Waals surface area contributed by atoms with E-state index in [-0.39, 0.29) is 24.6 Å². The van der Waals surface area contributed by atoms with Crippen molar-refractivity contribution >= 4 is 5.91 Å². The highest BCUT2D eigenvalue weighted by Gasteiger charge is 2.38. The predicted molar refractivity (Wildman–Crippen MR) is 87.1 cm³/mol. The van der Waals surface area contributed by atoms with Crippen LogP contribution in [0.5, 0.6) is 0 Å². The van der Waals surface area contributed by atoms with E-state index in [0.29, 0.717) is 6.04 Å². The first kappa shape index (κ1) is 15.3. The fourth-order valence-electron chi connectivity index (χ4n) is 3.59. The third kappa shape index (κ3) is 3.32. The minimum Gasteiger partial charge on any atom is -0.371 e. The Balaban J connectivity index is 1.32. The fraction of sp³-hybridized carbons (Fsp3) is 0.471. The minimum atomic E-state index is 0.000162. The van der Waals surface area contributed by atoms with E-state index in [4.69, 9.17) is 4.74 Å². The first-order valence-electron chi connectivity index (χ1n) is 8.30. The number of fused-ring (bicyclic) bond motifs is 1. The number of amides is 1. The van der Waals surface area contributed by atoms with E-state index in [2.05, 4.69) is 32.5 Å². The number of rotatable bonds is 4. The van der Waals surface area contributed by atoms with Crippen LogP contribution in [-0.4, -0.2) is 57.4 Å². The van der Waals surface area contributed by atoms with Crippen molar-refractivity contribution in [1.82, 2.24) is 25.0 Å². The van der Waals surface area contributed by atoms with Crippen molar-refractivity contribution in [2.45, 2.75) is 31.2 Å². The van der Waals surface area contributed by atoms with Gasteiger partial charge in [0.2, 0.25) is 5.91 Å². The number of nitrogens with zero attached hydrogens (tertiary/aromatic N) is 4. The van der Waals surface area contributed by atoms with Crippen LogP contribution in [0.1, 0.15) is 18.1 Å². The van der Waals surface area contributed by atoms with E-state index in [0.717, 1.165) is 26.1 Å². The van der Waals surface area contributed by atoms with E-state index < -0.39 is 0 Å². The number of hydrogen-bond donors (Lipinski definition) is 1. The molecule has 3 heterocycles. The van der Waals surface area contributed by atoms with Crippen LogP contribution in [0, 0.1) is 0 Å². The van der Waals surface area contributed by atoms with Crippen molar-refractivity contribution in [3.63, 3.8) is 0 Å². The molecule has 3 atom stereocenters. The quantitative estimate of drug-likeness (QED) is 0.891. The molecule has 126 valence electrons. The van der Waals surface area contributed by atoms with Gasteiger partial charge in [-0.2, -0.15) is 0 Å². The molecule has 24 heavy (non-hydrogen) atoms. The molecule has 0 bridgehead atoms. The molecule has 1 amide bonds. The van der Waals surface area contributed by atoms with Crippen molar-refractivity contribution in [3.8, 4) is 0 Å². The Morgan fingerprint density at radius 1 is 1.21 bits per heavy atom. The summed E-state index contributed by atoms with van der Waals surface area (Å²) in [4.78, 5) is 14.6. The van der Waals surface area contributed by atoms with E-state index in [9.17, 15) is 4.79 Å². The van der Waals surface area contributed by atoms with Crippen molar-refractivity contribution in [2.75, 3.05) is 19.7 Å². The van der Waals surface area contributed by atoms with Gasteiger partial charge in [-0.15, -0.1) is 10.2 Å². The number of ether oxygens (including phenoxy) is 1. The van der Waals surface area contributed by atoms with E-state index in [1.54, 1.807) is 17.2 Å². The predicted octanol–water partition coefficient (Wildman–Crippen LogP) is 0.609. The molecule has 0 spiro atoms. The molecule has 0 saturated carbocycles. The summed E-state index contributed by atoms with van der Waals surface area (Å²) in [7, 11) is 0. The highest BCUT2D eigenvalue weighted by atomic mass is 16.5. The molecule has 7 nitrogen and oxygen atoms in total. The molecule has 1 N–H and O–H groups in total. The lowest BCUT2D eigenvalue weighted by molar-refractivity contribution is -0.122. The molecule has 0 unspecified atom stereocenters. The summed E-state index contributed by atoms with van der Waals surface area (Å²) < 4.78 is 7.71. The van der Waals surface area contributed by atoms with Crippen LogP contribution < -0.4 is 5.32 Å². The van der Waals surface area contributed by atoms with Crippen LogP contribution in [0.4, 0.5) is 0 Å². The fourth-order valence-corrected chi connectivity index (χ4v) is 3.59. The van der Waals surface area contributed by atoms with E-state index in [1.807, 2.05) is 18.2 Å².